The number of amidine groups is 4. The Kier molecular flexibility index (Phi) is 27.1. The van der Waals surface area contributed by atoms with Crippen molar-refractivity contribution >= 4 is 92.1 Å². The molecule has 13 rings (SSSR count). The molecular formula is C67H94N24O26S2. The summed E-state index contributed by atoms with van der Waals surface area (Å²) >= 11 is 0. The number of aliphatic imine (C=N–C) groups is 4. The van der Waals surface area contributed by atoms with Gasteiger partial charge in [0.05, 0.1) is 73.7 Å². The van der Waals surface area contributed by atoms with Crippen molar-refractivity contribution in [1.29, 1.82) is 0 Å². The molecule has 8 aliphatic heterocycles. The first kappa shape index (κ1) is 89.7. The maximum Gasteiger partial charge on any atom is 0.418 e. The fourth-order valence-corrected chi connectivity index (χ4v) is 14.8. The SMILES string of the molecule is CN=C(NOCC(=O)O)[C@@H]1c2c(cnn2C)[C@@H]2CN1C(=O)N2OS(=O)(=O)O.CN=C(NOCC(=O)OC(C)(C)C)[C@@H]1c2c(cnn2C)[C@@H]2CN1C(=O)N2O.CN=C(NOCC(=O)OC(C)(C)C)[C@@H]1c2c(cnn2C)[C@@H]2CN1C(=O)N2OCc1ccccc1.CN=C(NOCC(=O)OC(C)(C)C)[C@@H]1c2c(cnn2C)[C@@H]2CN1C(=O)N2OS(=O)(=O)O. The summed E-state index contributed by atoms with van der Waals surface area (Å²) in [6.45, 7) is 15.1. The van der Waals surface area contributed by atoms with Crippen LogP contribution in [0.2, 0.25) is 0 Å². The zero-order chi connectivity index (χ0) is 87.5. The minimum absolute atomic E-state index is 0.0251. The molecule has 0 spiro atoms. The van der Waals surface area contributed by atoms with Gasteiger partial charge in [-0.05, 0) is 67.9 Å². The van der Waals surface area contributed by atoms with Gasteiger partial charge in [-0.1, -0.05) is 30.3 Å². The predicted molar refractivity (Wildman–Crippen MR) is 404 cm³/mol. The lowest BCUT2D eigenvalue weighted by molar-refractivity contribution is -0.162. The molecule has 4 fully saturated rings. The number of carbonyl (C=O) groups is 8. The first-order chi connectivity index (χ1) is 55.8. The molecule has 1 aromatic carbocycles. The summed E-state index contributed by atoms with van der Waals surface area (Å²) in [5.41, 5.74) is 14.5. The van der Waals surface area contributed by atoms with Gasteiger partial charge in [-0.15, -0.1) is 8.57 Å². The zero-order valence-electron chi connectivity index (χ0n) is 67.7. The Morgan fingerprint density at radius 1 is 0.445 bits per heavy atom. The molecule has 0 saturated carbocycles. The number of rotatable bonds is 23. The number of amides is 8. The van der Waals surface area contributed by atoms with Crippen LogP contribution in [0.3, 0.4) is 0 Å². The maximum atomic E-state index is 13.4. The Morgan fingerprint density at radius 2 is 0.723 bits per heavy atom. The number of carboxylic acids is 1. The van der Waals surface area contributed by atoms with Gasteiger partial charge in [0.2, 0.25) is 0 Å². The van der Waals surface area contributed by atoms with E-state index in [4.69, 9.17) is 52.6 Å². The second-order valence-electron chi connectivity index (χ2n) is 30.1. The number of benzene rings is 1. The number of carbonyl (C=O) groups excluding carboxylic acids is 7. The quantitative estimate of drug-likeness (QED) is 0.00869. The van der Waals surface area contributed by atoms with Crippen molar-refractivity contribution in [3.05, 3.63) is 106 Å². The van der Waals surface area contributed by atoms with E-state index < -0.39 is 135 Å². The van der Waals surface area contributed by atoms with E-state index in [9.17, 15) is 60.4 Å². The number of nitrogens with zero attached hydrogens (tertiary/aromatic N) is 20. The van der Waals surface area contributed by atoms with Crippen molar-refractivity contribution in [2.75, 3.05) is 80.8 Å². The molecule has 0 aliphatic carbocycles. The van der Waals surface area contributed by atoms with Crippen molar-refractivity contribution in [3.63, 3.8) is 0 Å². The van der Waals surface area contributed by atoms with Gasteiger partial charge < -0.3 is 38.9 Å². The largest absolute Gasteiger partial charge is 0.479 e. The number of nitrogens with one attached hydrogen (secondary N) is 4. The lowest BCUT2D eigenvalue weighted by Gasteiger charge is -2.32. The van der Waals surface area contributed by atoms with Gasteiger partial charge in [0, 0.05) is 78.6 Å². The zero-order valence-corrected chi connectivity index (χ0v) is 69.3. The van der Waals surface area contributed by atoms with E-state index in [1.807, 2.05) is 37.4 Å². The minimum atomic E-state index is -4.93. The Morgan fingerprint density at radius 3 is 1.02 bits per heavy atom. The third kappa shape index (κ3) is 20.4. The van der Waals surface area contributed by atoms with Crippen molar-refractivity contribution in [3.8, 4) is 0 Å². The second-order valence-corrected chi connectivity index (χ2v) is 32.1. The van der Waals surface area contributed by atoms with Crippen LogP contribution in [0.5, 0.6) is 0 Å². The van der Waals surface area contributed by atoms with Crippen LogP contribution in [0.1, 0.15) is 161 Å². The Balaban J connectivity index is 0.000000168. The van der Waals surface area contributed by atoms with Gasteiger partial charge in [0.1, 0.15) is 95.1 Å². The van der Waals surface area contributed by atoms with Gasteiger partial charge >= 0.3 is 68.8 Å². The van der Waals surface area contributed by atoms with E-state index in [-0.39, 0.29) is 56.7 Å². The summed E-state index contributed by atoms with van der Waals surface area (Å²) in [5.74, 6) is -1.93. The molecule has 0 radical (unpaired) electrons. The van der Waals surface area contributed by atoms with E-state index in [2.05, 4.69) is 70.9 Å². The fraction of sp³-hybridized carbons (Fsp3) is 0.552. The molecule has 0 unspecified atom stereocenters. The molecule has 52 heteroatoms. The third-order valence-electron chi connectivity index (χ3n) is 18.4. The van der Waals surface area contributed by atoms with Crippen molar-refractivity contribution < 1.29 is 122 Å². The normalized spacial score (nSPS) is 21.3. The lowest BCUT2D eigenvalue weighted by atomic mass is 9.97. The molecule has 8 bridgehead atoms. The highest BCUT2D eigenvalue weighted by Crippen LogP contribution is 2.48. The summed E-state index contributed by atoms with van der Waals surface area (Å²) < 4.78 is 93.5. The second kappa shape index (κ2) is 35.9. The molecule has 50 nitrogen and oxygen atoms in total. The van der Waals surface area contributed by atoms with Crippen LogP contribution in [-0.2, 0) is 122 Å². The monoisotopic (exact) mass is 1710 g/mol. The van der Waals surface area contributed by atoms with Crippen molar-refractivity contribution in [1.82, 2.24) is 101 Å². The van der Waals surface area contributed by atoms with Crippen LogP contribution in [-0.4, -0.2) is 284 Å². The molecular weight excluding hydrogens is 1620 g/mol. The number of hydroxylamine groups is 12. The Labute approximate surface area is 680 Å². The maximum absolute atomic E-state index is 13.4. The van der Waals surface area contributed by atoms with Gasteiger partial charge in [0.25, 0.3) is 0 Å². The number of fused-ring (bicyclic) bond motifs is 16. The molecule has 5 aromatic rings. The topological polar surface area (TPSA) is 573 Å². The average molecular weight is 1720 g/mol. The number of aryl methyl sites for hydroxylation is 4. The minimum Gasteiger partial charge on any atom is -0.479 e. The Hall–Kier alpha value is -11.6. The number of hydrogen-bond acceptors (Lipinski definition) is 31. The molecule has 8 amide bonds. The smallest absolute Gasteiger partial charge is 0.418 e. The van der Waals surface area contributed by atoms with Crippen molar-refractivity contribution in [2.24, 2.45) is 48.2 Å². The lowest BCUT2D eigenvalue weighted by Crippen LogP contribution is -2.45. The van der Waals surface area contributed by atoms with E-state index >= 15 is 0 Å². The molecule has 4 saturated heterocycles. The molecule has 119 heavy (non-hydrogen) atoms. The number of esters is 3. The molecule has 8 aliphatic rings. The van der Waals surface area contributed by atoms with E-state index in [0.717, 1.165) is 22.4 Å². The summed E-state index contributed by atoms with van der Waals surface area (Å²) in [4.78, 5) is 146. The number of urea groups is 4. The number of ether oxygens (including phenoxy) is 3. The summed E-state index contributed by atoms with van der Waals surface area (Å²) in [6, 6.07) is 1.89. The van der Waals surface area contributed by atoms with E-state index in [1.54, 1.807) is 124 Å². The van der Waals surface area contributed by atoms with Crippen LogP contribution >= 0.6 is 0 Å². The summed E-state index contributed by atoms with van der Waals surface area (Å²) in [7, 11) is 2.95. The summed E-state index contributed by atoms with van der Waals surface area (Å²) in [6.07, 6.45) is 6.28. The predicted octanol–water partition coefficient (Wildman–Crippen LogP) is 1.31. The van der Waals surface area contributed by atoms with Crippen molar-refractivity contribution in [2.45, 2.75) is 134 Å². The van der Waals surface area contributed by atoms with Gasteiger partial charge in [-0.2, -0.15) is 57.5 Å². The first-order valence-corrected chi connectivity index (χ1v) is 38.9. The average Bonchev–Trinajstić information content (AvgIpc) is 1.60. The molecule has 8 N–H and O–H groups in total. The number of carboxylic acid groups (broad SMARTS) is 1. The molecule has 650 valence electrons. The molecule has 8 atom stereocenters. The highest BCUT2D eigenvalue weighted by Gasteiger charge is 2.57. The Bertz CT molecular complexity index is 5010. The third-order valence-corrected chi connectivity index (χ3v) is 19.1. The van der Waals surface area contributed by atoms with Gasteiger partial charge in [-0.25, -0.2) is 38.4 Å². The number of aromatic nitrogens is 8. The van der Waals surface area contributed by atoms with Crippen LogP contribution in [0.4, 0.5) is 19.2 Å². The van der Waals surface area contributed by atoms with E-state index in [0.29, 0.717) is 68.2 Å². The highest BCUT2D eigenvalue weighted by molar-refractivity contribution is 7.81. The van der Waals surface area contributed by atoms with Crippen LogP contribution in [0.25, 0.3) is 0 Å². The summed E-state index contributed by atoms with van der Waals surface area (Å²) in [5, 5.41) is 38.9. The standard InChI is InChI=1S/C23H30N6O5.C16H24N6O8S.C16H24N6O5.C12H16N6O8S/c1-23(2,3)34-18(30)14-32-26-21(24-4)20-19-16(11-25-27(19)5)17-12-28(20)22(31)29(17)33-13-15-9-7-6-8-10-15;1-16(2,3)29-11(23)8-28-19-14(17-4)13-12-9(6-18-20(12)5)10-7-21(13)15(24)22(10)30-31(25,26)27;1-16(2,3)27-11(23)8-26-19-14(17-4)13-12-9(6-18-20(12)5)10-7-21(13)15(24)22(10)25;1-13-11(15-25-5-8(19)20)10-9-6(3-14-16(9)2)7-4-17(10)12(21)18(7)26-27(22,23)24/h6-11,17,20H,12-14H2,1-5H3,(H,24,26);6,10,13H,7-8H2,1-5H3,(H,17,19)(H,25,26,27);6,10,13,25H,7-8H2,1-5H3,(H,17,19);3,7,10H,4-5H2,1-2H3,(H,13,15)(H,19,20)(H,22,23,24)/t17-,20-;2*10-,13-;7-,10-/m0000/s1. The van der Waals surface area contributed by atoms with Crippen LogP contribution in [0.15, 0.2) is 75.1 Å². The van der Waals surface area contributed by atoms with Gasteiger partial charge in [-0.3, -0.25) is 99.1 Å². The van der Waals surface area contributed by atoms with Crippen LogP contribution < -0.4 is 21.9 Å². The first-order valence-electron chi connectivity index (χ1n) is 36.2. The highest BCUT2D eigenvalue weighted by atomic mass is 32.3. The number of aliphatic carboxylic acids is 1. The fourth-order valence-electron chi connectivity index (χ4n) is 14.0. The molecule has 4 aromatic heterocycles. The molecule has 12 heterocycles. The van der Waals surface area contributed by atoms with E-state index in [1.165, 1.54) is 55.6 Å². The van der Waals surface area contributed by atoms with Crippen LogP contribution in [0, 0.1) is 0 Å². The number of hydrogen-bond donors (Lipinski definition) is 8. The van der Waals surface area contributed by atoms with Gasteiger partial charge in [0.15, 0.2) is 26.4 Å².